The van der Waals surface area contributed by atoms with E-state index in [9.17, 15) is 18.0 Å². The van der Waals surface area contributed by atoms with Crippen LogP contribution in [0.25, 0.3) is 0 Å². The molecule has 1 aliphatic rings. The average Bonchev–Trinajstić information content (AvgIpc) is 3.77. The van der Waals surface area contributed by atoms with Gasteiger partial charge in [0.05, 0.1) is 12.0 Å². The van der Waals surface area contributed by atoms with E-state index in [0.717, 1.165) is 29.5 Å². The van der Waals surface area contributed by atoms with Crippen LogP contribution in [-0.4, -0.2) is 44.3 Å². The van der Waals surface area contributed by atoms with E-state index in [1.807, 2.05) is 42.5 Å². The van der Waals surface area contributed by atoms with Crippen LogP contribution in [-0.2, 0) is 39.1 Å². The molecular weight excluding hydrogens is 550 g/mol. The number of rotatable bonds is 13. The summed E-state index contributed by atoms with van der Waals surface area (Å²) in [5, 5.41) is 3.45. The predicted molar refractivity (Wildman–Crippen MR) is 154 cm³/mol. The molecule has 8 nitrogen and oxygen atoms in total. The Kier molecular flexibility index (Phi) is 9.84. The molecule has 0 aliphatic heterocycles. The van der Waals surface area contributed by atoms with Crippen molar-refractivity contribution in [3.05, 3.63) is 94.5 Å². The van der Waals surface area contributed by atoms with Crippen molar-refractivity contribution < 1.29 is 22.7 Å². The number of nitrogens with zero attached hydrogens (tertiary/aromatic N) is 1. The van der Waals surface area contributed by atoms with Crippen LogP contribution in [0.2, 0.25) is 5.02 Å². The number of hydrogen-bond donors (Lipinski definition) is 2. The van der Waals surface area contributed by atoms with E-state index in [1.165, 1.54) is 0 Å². The number of halogens is 1. The highest BCUT2D eigenvalue weighted by Gasteiger charge is 2.28. The zero-order chi connectivity index (χ0) is 28.7. The molecule has 2 amide bonds. The van der Waals surface area contributed by atoms with Gasteiger partial charge >= 0.3 is 0 Å². The minimum Gasteiger partial charge on any atom is -0.497 e. The smallest absolute Gasteiger partial charge is 0.242 e. The van der Waals surface area contributed by atoms with Crippen molar-refractivity contribution in [3.63, 3.8) is 0 Å². The summed E-state index contributed by atoms with van der Waals surface area (Å²) < 4.78 is 32.8. The normalized spacial score (nSPS) is 13.9. The number of sulfonamides is 1. The van der Waals surface area contributed by atoms with Gasteiger partial charge in [0.15, 0.2) is 0 Å². The van der Waals surface area contributed by atoms with Crippen LogP contribution in [0.1, 0.15) is 42.9 Å². The van der Waals surface area contributed by atoms with Gasteiger partial charge in [-0.05, 0) is 73.2 Å². The maximum Gasteiger partial charge on any atom is 0.242 e. The second-order valence-corrected chi connectivity index (χ2v) is 12.0. The zero-order valence-electron chi connectivity index (χ0n) is 22.6. The third kappa shape index (κ3) is 8.06. The Balaban J connectivity index is 1.43. The second-order valence-electron chi connectivity index (χ2n) is 9.89. The summed E-state index contributed by atoms with van der Waals surface area (Å²) in [6.07, 6.45) is 2.29. The molecule has 0 radical (unpaired) electrons. The minimum atomic E-state index is -3.53. The van der Waals surface area contributed by atoms with Crippen molar-refractivity contribution in [3.8, 4) is 5.75 Å². The van der Waals surface area contributed by atoms with Crippen LogP contribution in [0.3, 0.4) is 0 Å². The van der Waals surface area contributed by atoms with Gasteiger partial charge in [0.2, 0.25) is 21.8 Å². The molecule has 0 bridgehead atoms. The number of carbonyl (C=O) groups excluding carboxylic acids is 2. The first-order chi connectivity index (χ1) is 19.2. The van der Waals surface area contributed by atoms with Crippen molar-refractivity contribution in [1.29, 1.82) is 0 Å². The number of ether oxygens (including phenoxy) is 1. The summed E-state index contributed by atoms with van der Waals surface area (Å²) in [7, 11) is -1.95. The lowest BCUT2D eigenvalue weighted by atomic mass is 10.1. The summed E-state index contributed by atoms with van der Waals surface area (Å²) in [6, 6.07) is 20.5. The lowest BCUT2D eigenvalue weighted by molar-refractivity contribution is -0.140. The summed E-state index contributed by atoms with van der Waals surface area (Å²) in [5.74, 6) is 0.216. The molecule has 10 heteroatoms. The topological polar surface area (TPSA) is 105 Å². The summed E-state index contributed by atoms with van der Waals surface area (Å²) >= 11 is 6.23. The summed E-state index contributed by atoms with van der Waals surface area (Å²) in [4.78, 5) is 28.4. The van der Waals surface area contributed by atoms with E-state index >= 15 is 0 Å². The van der Waals surface area contributed by atoms with Crippen molar-refractivity contribution in [2.45, 2.75) is 62.7 Å². The minimum absolute atomic E-state index is 0.0304. The summed E-state index contributed by atoms with van der Waals surface area (Å²) in [6.45, 7) is 2.20. The van der Waals surface area contributed by atoms with Gasteiger partial charge in [-0.25, -0.2) is 13.1 Å². The predicted octanol–water partition coefficient (Wildman–Crippen LogP) is 4.46. The number of aryl methyl sites for hydroxylation is 1. The van der Waals surface area contributed by atoms with Gasteiger partial charge in [-0.3, -0.25) is 9.59 Å². The lowest BCUT2D eigenvalue weighted by Gasteiger charge is -2.29. The van der Waals surface area contributed by atoms with Gasteiger partial charge in [-0.15, -0.1) is 0 Å². The highest BCUT2D eigenvalue weighted by Crippen LogP contribution is 2.23. The molecule has 4 rings (SSSR count). The molecule has 0 heterocycles. The standard InChI is InChI=1S/C30H34ClN3O5S/c1-21(30(36)32-19-24-5-3-4-6-28(24)31)34(20-23-7-14-26(39-2)15-8-23)29(35)18-11-22-9-16-27(17-10-22)40(37,38)33-25-12-13-25/h3-10,14-17,21,25,33H,11-13,18-20H2,1-2H3,(H,32,36). The maximum absolute atomic E-state index is 13.5. The van der Waals surface area contributed by atoms with Crippen molar-refractivity contribution >= 4 is 33.4 Å². The average molecular weight is 584 g/mol. The fraction of sp³-hybridized carbons (Fsp3) is 0.333. The number of carbonyl (C=O) groups is 2. The number of benzene rings is 3. The molecule has 3 aromatic carbocycles. The first-order valence-corrected chi connectivity index (χ1v) is 15.1. The Hall–Kier alpha value is -3.40. The van der Waals surface area contributed by atoms with Gasteiger partial charge in [-0.2, -0.15) is 0 Å². The molecule has 3 aromatic rings. The molecular formula is C30H34ClN3O5S. The SMILES string of the molecule is COc1ccc(CN(C(=O)CCc2ccc(S(=O)(=O)NC3CC3)cc2)C(C)C(=O)NCc2ccccc2Cl)cc1. The van der Waals surface area contributed by atoms with Crippen molar-refractivity contribution in [2.75, 3.05) is 7.11 Å². The van der Waals surface area contributed by atoms with E-state index in [4.69, 9.17) is 16.3 Å². The fourth-order valence-electron chi connectivity index (χ4n) is 4.20. The van der Waals surface area contributed by atoms with Crippen LogP contribution in [0.4, 0.5) is 0 Å². The van der Waals surface area contributed by atoms with Crippen LogP contribution in [0.15, 0.2) is 77.7 Å². The third-order valence-electron chi connectivity index (χ3n) is 6.85. The molecule has 2 N–H and O–H groups in total. The largest absolute Gasteiger partial charge is 0.497 e. The number of amides is 2. The molecule has 40 heavy (non-hydrogen) atoms. The Bertz CT molecular complexity index is 1420. The van der Waals surface area contributed by atoms with Crippen LogP contribution in [0, 0.1) is 0 Å². The lowest BCUT2D eigenvalue weighted by Crippen LogP contribution is -2.47. The third-order valence-corrected chi connectivity index (χ3v) is 8.76. The highest BCUT2D eigenvalue weighted by molar-refractivity contribution is 7.89. The zero-order valence-corrected chi connectivity index (χ0v) is 24.2. The first-order valence-electron chi connectivity index (χ1n) is 13.2. The molecule has 212 valence electrons. The van der Waals surface area contributed by atoms with Gasteiger partial charge in [0.1, 0.15) is 11.8 Å². The molecule has 0 aromatic heterocycles. The fourth-order valence-corrected chi connectivity index (χ4v) is 5.71. The Morgan fingerprint density at radius 2 is 1.65 bits per heavy atom. The Morgan fingerprint density at radius 3 is 2.27 bits per heavy atom. The van der Waals surface area contributed by atoms with Gasteiger partial charge in [0, 0.05) is 30.6 Å². The Labute approximate surface area is 240 Å². The van der Waals surface area contributed by atoms with E-state index in [2.05, 4.69) is 10.0 Å². The number of methoxy groups -OCH3 is 1. The summed E-state index contributed by atoms with van der Waals surface area (Å²) in [5.41, 5.74) is 2.48. The molecule has 1 unspecified atom stereocenters. The monoisotopic (exact) mass is 583 g/mol. The Morgan fingerprint density at radius 1 is 1.00 bits per heavy atom. The van der Waals surface area contributed by atoms with Crippen molar-refractivity contribution in [1.82, 2.24) is 14.9 Å². The van der Waals surface area contributed by atoms with Gasteiger partial charge in [0.25, 0.3) is 0 Å². The molecule has 1 aliphatic carbocycles. The van der Waals surface area contributed by atoms with Crippen LogP contribution < -0.4 is 14.8 Å². The van der Waals surface area contributed by atoms with E-state index in [0.29, 0.717) is 17.2 Å². The molecule has 1 saturated carbocycles. The number of nitrogens with one attached hydrogen (secondary N) is 2. The first kappa shape index (κ1) is 29.6. The molecule has 0 spiro atoms. The molecule has 0 saturated heterocycles. The van der Waals surface area contributed by atoms with E-state index in [1.54, 1.807) is 49.3 Å². The van der Waals surface area contributed by atoms with Crippen LogP contribution >= 0.6 is 11.6 Å². The highest BCUT2D eigenvalue weighted by atomic mass is 35.5. The van der Waals surface area contributed by atoms with E-state index < -0.39 is 16.1 Å². The van der Waals surface area contributed by atoms with Crippen molar-refractivity contribution in [2.24, 2.45) is 0 Å². The van der Waals surface area contributed by atoms with Gasteiger partial charge < -0.3 is 15.0 Å². The molecule has 1 atom stereocenters. The van der Waals surface area contributed by atoms with E-state index in [-0.39, 0.29) is 42.3 Å². The van der Waals surface area contributed by atoms with Crippen LogP contribution in [0.5, 0.6) is 5.75 Å². The second kappa shape index (κ2) is 13.3. The maximum atomic E-state index is 13.5. The van der Waals surface area contributed by atoms with Gasteiger partial charge in [-0.1, -0.05) is 54.1 Å². The molecule has 1 fully saturated rings. The number of hydrogen-bond acceptors (Lipinski definition) is 5. The quantitative estimate of drug-likeness (QED) is 0.309.